The van der Waals surface area contributed by atoms with Crippen LogP contribution in [-0.4, -0.2) is 50.4 Å². The Hall–Kier alpha value is -3.11. The van der Waals surface area contributed by atoms with Gasteiger partial charge >= 0.3 is 6.03 Å². The SMILES string of the molecule is COc1ccc(Oc2ccc(S(=O)(=O)N3CCC[C@@H]3[C@H]3NC(=O)NC3=O)cc2)cc1. The van der Waals surface area contributed by atoms with Crippen LogP contribution in [-0.2, 0) is 14.8 Å². The van der Waals surface area contributed by atoms with Crippen LogP contribution in [0.3, 0.4) is 0 Å². The molecular weight excluding hydrogens is 410 g/mol. The van der Waals surface area contributed by atoms with Crippen LogP contribution < -0.4 is 20.1 Å². The number of rotatable bonds is 6. The molecule has 4 rings (SSSR count). The first-order valence-corrected chi connectivity index (χ1v) is 10.9. The number of nitrogens with one attached hydrogen (secondary N) is 2. The summed E-state index contributed by atoms with van der Waals surface area (Å²) in [4.78, 5) is 23.5. The molecule has 2 aliphatic heterocycles. The Balaban J connectivity index is 1.51. The van der Waals surface area contributed by atoms with E-state index in [9.17, 15) is 18.0 Å². The number of carbonyl (C=O) groups excluding carboxylic acids is 2. The molecule has 0 radical (unpaired) electrons. The van der Waals surface area contributed by atoms with Crippen molar-refractivity contribution in [3.63, 3.8) is 0 Å². The highest BCUT2D eigenvalue weighted by Crippen LogP contribution is 2.30. The Bertz CT molecular complexity index is 1050. The molecule has 2 heterocycles. The van der Waals surface area contributed by atoms with Gasteiger partial charge in [-0.2, -0.15) is 4.31 Å². The molecule has 30 heavy (non-hydrogen) atoms. The lowest BCUT2D eigenvalue weighted by molar-refractivity contribution is -0.121. The van der Waals surface area contributed by atoms with Gasteiger partial charge in [0, 0.05) is 6.54 Å². The monoisotopic (exact) mass is 431 g/mol. The molecule has 2 atom stereocenters. The molecular formula is C20H21N3O6S. The van der Waals surface area contributed by atoms with Gasteiger partial charge in [-0.1, -0.05) is 0 Å². The second kappa shape index (κ2) is 7.96. The lowest BCUT2D eigenvalue weighted by Gasteiger charge is -2.27. The minimum absolute atomic E-state index is 0.0983. The van der Waals surface area contributed by atoms with E-state index in [2.05, 4.69) is 10.6 Å². The molecule has 2 aromatic carbocycles. The summed E-state index contributed by atoms with van der Waals surface area (Å²) in [6, 6.07) is 11.0. The third-order valence-corrected chi connectivity index (χ3v) is 7.10. The van der Waals surface area contributed by atoms with Crippen LogP contribution in [0.25, 0.3) is 0 Å². The molecule has 9 nitrogen and oxygen atoms in total. The maximum Gasteiger partial charge on any atom is 0.322 e. The van der Waals surface area contributed by atoms with Crippen LogP contribution >= 0.6 is 0 Å². The third kappa shape index (κ3) is 3.83. The largest absolute Gasteiger partial charge is 0.497 e. The fraction of sp³-hybridized carbons (Fsp3) is 0.300. The quantitative estimate of drug-likeness (QED) is 0.675. The average molecular weight is 431 g/mol. The number of ether oxygens (including phenoxy) is 2. The molecule has 3 amide bonds. The van der Waals surface area contributed by atoms with Crippen molar-refractivity contribution in [1.29, 1.82) is 0 Å². The molecule has 2 N–H and O–H groups in total. The van der Waals surface area contributed by atoms with E-state index in [1.807, 2.05) is 0 Å². The first-order chi connectivity index (χ1) is 14.4. The zero-order chi connectivity index (χ0) is 21.3. The average Bonchev–Trinajstić information content (AvgIpc) is 3.35. The summed E-state index contributed by atoms with van der Waals surface area (Å²) in [6.45, 7) is 0.288. The Kier molecular flexibility index (Phi) is 5.35. The van der Waals surface area contributed by atoms with Crippen molar-refractivity contribution in [3.8, 4) is 17.2 Å². The second-order valence-corrected chi connectivity index (χ2v) is 8.91. The molecule has 0 saturated carbocycles. The number of amides is 3. The molecule has 0 spiro atoms. The van der Waals surface area contributed by atoms with Gasteiger partial charge in [0.25, 0.3) is 5.91 Å². The fourth-order valence-corrected chi connectivity index (χ4v) is 5.40. The molecule has 158 valence electrons. The van der Waals surface area contributed by atoms with Crippen molar-refractivity contribution < 1.29 is 27.5 Å². The molecule has 0 aromatic heterocycles. The van der Waals surface area contributed by atoms with E-state index in [0.717, 1.165) is 0 Å². The molecule has 0 aliphatic carbocycles. The van der Waals surface area contributed by atoms with Crippen LogP contribution in [0.1, 0.15) is 12.8 Å². The van der Waals surface area contributed by atoms with Gasteiger partial charge in [0.05, 0.1) is 18.0 Å². The van der Waals surface area contributed by atoms with Gasteiger partial charge in [0.1, 0.15) is 23.3 Å². The summed E-state index contributed by atoms with van der Waals surface area (Å²) in [5, 5.41) is 4.67. The lowest BCUT2D eigenvalue weighted by atomic mass is 10.1. The lowest BCUT2D eigenvalue weighted by Crippen LogP contribution is -2.49. The maximum atomic E-state index is 13.2. The summed E-state index contributed by atoms with van der Waals surface area (Å²) in [6.07, 6.45) is 1.11. The Morgan fingerprint density at radius 2 is 1.57 bits per heavy atom. The Morgan fingerprint density at radius 1 is 0.967 bits per heavy atom. The van der Waals surface area contributed by atoms with Gasteiger partial charge < -0.3 is 14.8 Å². The van der Waals surface area contributed by atoms with Crippen LogP contribution in [0.4, 0.5) is 4.79 Å². The first-order valence-electron chi connectivity index (χ1n) is 9.43. The minimum atomic E-state index is -3.83. The summed E-state index contributed by atoms with van der Waals surface area (Å²) < 4.78 is 38.4. The van der Waals surface area contributed by atoms with Crippen molar-refractivity contribution in [3.05, 3.63) is 48.5 Å². The standard InChI is InChI=1S/C20H21N3O6S/c1-28-13-4-6-14(7-5-13)29-15-8-10-16(11-9-15)30(26,27)23-12-2-3-17(23)18-19(24)22-20(25)21-18/h4-11,17-18H,2-3,12H2,1H3,(H2,21,22,24,25)/t17-,18-/m1/s1. The van der Waals surface area contributed by atoms with Crippen LogP contribution in [0.2, 0.25) is 0 Å². The number of hydrogen-bond donors (Lipinski definition) is 2. The zero-order valence-electron chi connectivity index (χ0n) is 16.2. The predicted molar refractivity (Wildman–Crippen MR) is 107 cm³/mol. The highest BCUT2D eigenvalue weighted by atomic mass is 32.2. The zero-order valence-corrected chi connectivity index (χ0v) is 17.0. The predicted octanol–water partition coefficient (Wildman–Crippen LogP) is 1.85. The van der Waals surface area contributed by atoms with Crippen LogP contribution in [0.5, 0.6) is 17.2 Å². The summed E-state index contributed by atoms with van der Waals surface area (Å²) in [7, 11) is -2.26. The summed E-state index contributed by atoms with van der Waals surface area (Å²) >= 11 is 0. The Morgan fingerprint density at radius 3 is 2.13 bits per heavy atom. The first kappa shape index (κ1) is 20.2. The number of methoxy groups -OCH3 is 1. The van der Waals surface area contributed by atoms with Gasteiger partial charge in [0.2, 0.25) is 10.0 Å². The molecule has 10 heteroatoms. The van der Waals surface area contributed by atoms with Crippen molar-refractivity contribution >= 4 is 22.0 Å². The number of benzene rings is 2. The van der Waals surface area contributed by atoms with Gasteiger partial charge in [-0.05, 0) is 61.4 Å². The van der Waals surface area contributed by atoms with Gasteiger partial charge in [-0.15, -0.1) is 0 Å². The normalized spacial score (nSPS) is 21.9. The van der Waals surface area contributed by atoms with Crippen molar-refractivity contribution in [2.45, 2.75) is 29.8 Å². The van der Waals surface area contributed by atoms with Crippen molar-refractivity contribution in [2.24, 2.45) is 0 Å². The molecule has 2 saturated heterocycles. The molecule has 2 fully saturated rings. The van der Waals surface area contributed by atoms with Crippen LogP contribution in [0.15, 0.2) is 53.4 Å². The highest BCUT2D eigenvalue weighted by Gasteiger charge is 2.45. The number of carbonyl (C=O) groups is 2. The Labute approximate surface area is 174 Å². The highest BCUT2D eigenvalue weighted by molar-refractivity contribution is 7.89. The molecule has 0 unspecified atom stereocenters. The van der Waals surface area contributed by atoms with Crippen molar-refractivity contribution in [1.82, 2.24) is 14.9 Å². The number of imide groups is 1. The number of hydrogen-bond acceptors (Lipinski definition) is 6. The molecule has 2 aliphatic rings. The van der Waals surface area contributed by atoms with Gasteiger partial charge in [0.15, 0.2) is 0 Å². The van der Waals surface area contributed by atoms with Crippen LogP contribution in [0, 0.1) is 0 Å². The van der Waals surface area contributed by atoms with E-state index in [0.29, 0.717) is 30.1 Å². The summed E-state index contributed by atoms with van der Waals surface area (Å²) in [5.41, 5.74) is 0. The van der Waals surface area contributed by atoms with Gasteiger partial charge in [-0.25, -0.2) is 13.2 Å². The van der Waals surface area contributed by atoms with E-state index in [-0.39, 0.29) is 11.4 Å². The third-order valence-electron chi connectivity index (χ3n) is 5.16. The van der Waals surface area contributed by atoms with Gasteiger partial charge in [-0.3, -0.25) is 10.1 Å². The minimum Gasteiger partial charge on any atom is -0.497 e. The maximum absolute atomic E-state index is 13.2. The van der Waals surface area contributed by atoms with Crippen molar-refractivity contribution in [2.75, 3.05) is 13.7 Å². The molecule has 2 aromatic rings. The number of urea groups is 1. The summed E-state index contributed by atoms with van der Waals surface area (Å²) in [5.74, 6) is 1.28. The van der Waals surface area contributed by atoms with E-state index in [1.165, 1.54) is 16.4 Å². The van der Waals surface area contributed by atoms with E-state index >= 15 is 0 Å². The number of nitrogens with zero attached hydrogens (tertiary/aromatic N) is 1. The fourth-order valence-electron chi connectivity index (χ4n) is 3.70. The second-order valence-electron chi connectivity index (χ2n) is 7.01. The molecule has 0 bridgehead atoms. The van der Waals surface area contributed by atoms with E-state index in [1.54, 1.807) is 43.5 Å². The van der Waals surface area contributed by atoms with E-state index < -0.39 is 34.0 Å². The number of sulfonamides is 1. The van der Waals surface area contributed by atoms with E-state index in [4.69, 9.17) is 9.47 Å². The smallest absolute Gasteiger partial charge is 0.322 e. The topological polar surface area (TPSA) is 114 Å².